The first kappa shape index (κ1) is 13.9. The van der Waals surface area contributed by atoms with Crippen LogP contribution in [0.2, 0.25) is 0 Å². The fourth-order valence-corrected chi connectivity index (χ4v) is 1.64. The van der Waals surface area contributed by atoms with Crippen LogP contribution in [0.15, 0.2) is 0 Å². The van der Waals surface area contributed by atoms with E-state index in [0.29, 0.717) is 26.1 Å². The Hall–Kier alpha value is -1.18. The highest BCUT2D eigenvalue weighted by molar-refractivity contribution is 5.90. The van der Waals surface area contributed by atoms with E-state index in [0.717, 1.165) is 0 Å². The Labute approximate surface area is 98.9 Å². The quantitative estimate of drug-likeness (QED) is 0.476. The zero-order valence-electron chi connectivity index (χ0n) is 9.68. The normalized spacial score (nSPS) is 22.5. The lowest BCUT2D eigenvalue weighted by Crippen LogP contribution is -2.61. The SMILES string of the molecule is C[C@@H](O)[C@H](NC(=O)C1(N)CCOCC1)C(=O)O. The number of aliphatic hydroxyl groups excluding tert-OH is 1. The lowest BCUT2D eigenvalue weighted by molar-refractivity contribution is -0.146. The van der Waals surface area contributed by atoms with Gasteiger partial charge in [0.2, 0.25) is 5.91 Å². The van der Waals surface area contributed by atoms with E-state index in [-0.39, 0.29) is 0 Å². The molecule has 0 aliphatic carbocycles. The van der Waals surface area contributed by atoms with Crippen LogP contribution in [0.4, 0.5) is 0 Å². The molecule has 0 bridgehead atoms. The van der Waals surface area contributed by atoms with Gasteiger partial charge in [0.1, 0.15) is 0 Å². The van der Waals surface area contributed by atoms with Crippen molar-refractivity contribution in [3.8, 4) is 0 Å². The summed E-state index contributed by atoms with van der Waals surface area (Å²) in [4.78, 5) is 22.7. The number of amides is 1. The summed E-state index contributed by atoms with van der Waals surface area (Å²) in [5.74, 6) is -1.85. The Balaban J connectivity index is 2.66. The number of rotatable bonds is 4. The molecule has 1 saturated heterocycles. The minimum Gasteiger partial charge on any atom is -0.480 e. The Morgan fingerprint density at radius 2 is 1.94 bits per heavy atom. The molecule has 0 aromatic carbocycles. The van der Waals surface area contributed by atoms with Gasteiger partial charge >= 0.3 is 5.97 Å². The van der Waals surface area contributed by atoms with Crippen LogP contribution >= 0.6 is 0 Å². The molecule has 1 fully saturated rings. The molecular formula is C10H18N2O5. The smallest absolute Gasteiger partial charge is 0.328 e. The van der Waals surface area contributed by atoms with Gasteiger partial charge in [-0.05, 0) is 19.8 Å². The fraction of sp³-hybridized carbons (Fsp3) is 0.800. The van der Waals surface area contributed by atoms with Crippen LogP contribution in [0.1, 0.15) is 19.8 Å². The number of hydrogen-bond acceptors (Lipinski definition) is 5. The van der Waals surface area contributed by atoms with Crippen LogP contribution < -0.4 is 11.1 Å². The second-order valence-corrected chi connectivity index (χ2v) is 4.30. The highest BCUT2D eigenvalue weighted by Gasteiger charge is 2.38. The molecule has 1 aliphatic heterocycles. The molecule has 5 N–H and O–H groups in total. The van der Waals surface area contributed by atoms with Crippen LogP contribution in [0.3, 0.4) is 0 Å². The number of carboxylic acids is 1. The molecule has 7 heteroatoms. The van der Waals surface area contributed by atoms with Gasteiger partial charge in [0, 0.05) is 13.2 Å². The number of carbonyl (C=O) groups excluding carboxylic acids is 1. The number of aliphatic hydroxyl groups is 1. The standard InChI is InChI=1S/C10H18N2O5/c1-6(13)7(8(14)15)12-9(16)10(11)2-4-17-5-3-10/h6-7,13H,2-5,11H2,1H3,(H,12,16)(H,14,15)/t6-,7+/m1/s1. The minimum absolute atomic E-state index is 0.338. The van der Waals surface area contributed by atoms with Gasteiger partial charge in [0.05, 0.1) is 11.6 Å². The van der Waals surface area contributed by atoms with Crippen molar-refractivity contribution >= 4 is 11.9 Å². The Bertz CT molecular complexity index is 299. The van der Waals surface area contributed by atoms with Crippen LogP contribution in [0.25, 0.3) is 0 Å². The molecule has 0 aromatic rings. The van der Waals surface area contributed by atoms with Crippen molar-refractivity contribution in [2.45, 2.75) is 37.5 Å². The summed E-state index contributed by atoms with van der Waals surface area (Å²) in [6, 6.07) is -1.34. The molecule has 1 aliphatic rings. The molecule has 7 nitrogen and oxygen atoms in total. The topological polar surface area (TPSA) is 122 Å². The zero-order chi connectivity index (χ0) is 13.1. The largest absolute Gasteiger partial charge is 0.480 e. The molecular weight excluding hydrogens is 228 g/mol. The number of carbonyl (C=O) groups is 2. The summed E-state index contributed by atoms with van der Waals surface area (Å²) in [6.45, 7) is 2.04. The molecule has 2 atom stereocenters. The first-order chi connectivity index (χ1) is 7.87. The second kappa shape index (κ2) is 5.44. The van der Waals surface area contributed by atoms with Gasteiger partial charge in [-0.2, -0.15) is 0 Å². The van der Waals surface area contributed by atoms with E-state index >= 15 is 0 Å². The van der Waals surface area contributed by atoms with Crippen LogP contribution in [-0.4, -0.2) is 53.0 Å². The van der Waals surface area contributed by atoms with E-state index in [2.05, 4.69) is 5.32 Å². The van der Waals surface area contributed by atoms with E-state index in [1.165, 1.54) is 6.92 Å². The molecule has 17 heavy (non-hydrogen) atoms. The lowest BCUT2D eigenvalue weighted by Gasteiger charge is -2.33. The van der Waals surface area contributed by atoms with E-state index in [1.54, 1.807) is 0 Å². The minimum atomic E-state index is -1.34. The monoisotopic (exact) mass is 246 g/mol. The number of nitrogens with two attached hydrogens (primary N) is 1. The molecule has 98 valence electrons. The first-order valence-electron chi connectivity index (χ1n) is 5.45. The number of ether oxygens (including phenoxy) is 1. The maximum Gasteiger partial charge on any atom is 0.328 e. The Morgan fingerprint density at radius 3 is 2.35 bits per heavy atom. The van der Waals surface area contributed by atoms with Gasteiger partial charge in [0.25, 0.3) is 0 Å². The average molecular weight is 246 g/mol. The van der Waals surface area contributed by atoms with E-state index in [4.69, 9.17) is 15.6 Å². The van der Waals surface area contributed by atoms with Crippen molar-refractivity contribution in [3.05, 3.63) is 0 Å². The van der Waals surface area contributed by atoms with E-state index < -0.39 is 29.6 Å². The predicted molar refractivity (Wildman–Crippen MR) is 58.2 cm³/mol. The van der Waals surface area contributed by atoms with Crippen molar-refractivity contribution in [1.29, 1.82) is 0 Å². The molecule has 0 spiro atoms. The maximum absolute atomic E-state index is 11.9. The second-order valence-electron chi connectivity index (χ2n) is 4.30. The van der Waals surface area contributed by atoms with Crippen LogP contribution in [-0.2, 0) is 14.3 Å². The third kappa shape index (κ3) is 3.39. The predicted octanol–water partition coefficient (Wildman–Crippen LogP) is -1.56. The molecule has 0 unspecified atom stereocenters. The van der Waals surface area contributed by atoms with Gasteiger partial charge in [-0.15, -0.1) is 0 Å². The van der Waals surface area contributed by atoms with Crippen molar-refractivity contribution < 1.29 is 24.5 Å². The average Bonchev–Trinajstić information content (AvgIpc) is 2.25. The lowest BCUT2D eigenvalue weighted by atomic mass is 9.90. The number of carboxylic acid groups (broad SMARTS) is 1. The Kier molecular flexibility index (Phi) is 4.44. The number of aliphatic carboxylic acids is 1. The molecule has 0 saturated carbocycles. The third-order valence-corrected chi connectivity index (χ3v) is 2.87. The van der Waals surface area contributed by atoms with Gasteiger partial charge < -0.3 is 26.0 Å². The highest BCUT2D eigenvalue weighted by atomic mass is 16.5. The molecule has 1 amide bonds. The summed E-state index contributed by atoms with van der Waals surface area (Å²) >= 11 is 0. The fourth-order valence-electron chi connectivity index (χ4n) is 1.64. The van der Waals surface area contributed by atoms with Crippen molar-refractivity contribution in [2.24, 2.45) is 5.73 Å². The molecule has 1 heterocycles. The molecule has 1 rings (SSSR count). The summed E-state index contributed by atoms with van der Waals surface area (Å²) < 4.78 is 5.09. The summed E-state index contributed by atoms with van der Waals surface area (Å²) in [5, 5.41) is 20.3. The van der Waals surface area contributed by atoms with Crippen molar-refractivity contribution in [3.63, 3.8) is 0 Å². The summed E-state index contributed by atoms with van der Waals surface area (Å²) in [6.07, 6.45) is -0.504. The summed E-state index contributed by atoms with van der Waals surface area (Å²) in [7, 11) is 0. The van der Waals surface area contributed by atoms with Crippen molar-refractivity contribution in [2.75, 3.05) is 13.2 Å². The van der Waals surface area contributed by atoms with Crippen LogP contribution in [0.5, 0.6) is 0 Å². The van der Waals surface area contributed by atoms with Gasteiger partial charge in [-0.25, -0.2) is 4.79 Å². The zero-order valence-corrected chi connectivity index (χ0v) is 9.68. The first-order valence-corrected chi connectivity index (χ1v) is 5.45. The number of hydrogen-bond donors (Lipinski definition) is 4. The summed E-state index contributed by atoms with van der Waals surface area (Å²) in [5.41, 5.74) is 4.77. The Morgan fingerprint density at radius 1 is 1.41 bits per heavy atom. The van der Waals surface area contributed by atoms with Crippen LogP contribution in [0, 0.1) is 0 Å². The molecule has 0 radical (unpaired) electrons. The van der Waals surface area contributed by atoms with E-state index in [9.17, 15) is 14.7 Å². The number of nitrogens with one attached hydrogen (secondary N) is 1. The maximum atomic E-state index is 11.9. The van der Waals surface area contributed by atoms with Gasteiger partial charge in [-0.1, -0.05) is 0 Å². The van der Waals surface area contributed by atoms with E-state index in [1.807, 2.05) is 0 Å². The van der Waals surface area contributed by atoms with Crippen molar-refractivity contribution in [1.82, 2.24) is 5.32 Å². The van der Waals surface area contributed by atoms with Gasteiger partial charge in [-0.3, -0.25) is 4.79 Å². The molecule has 0 aromatic heterocycles. The third-order valence-electron chi connectivity index (χ3n) is 2.87. The highest BCUT2D eigenvalue weighted by Crippen LogP contribution is 2.18. The van der Waals surface area contributed by atoms with Gasteiger partial charge in [0.15, 0.2) is 6.04 Å².